The third-order valence-corrected chi connectivity index (χ3v) is 6.03. The van der Waals surface area contributed by atoms with E-state index in [2.05, 4.69) is 13.8 Å². The molecule has 0 aliphatic heterocycles. The second kappa shape index (κ2) is 12.0. The molecule has 1 N–H and O–H groups in total. The fourth-order valence-electron chi connectivity index (χ4n) is 3.02. The van der Waals surface area contributed by atoms with Crippen LogP contribution in [0.15, 0.2) is 36.4 Å². The van der Waals surface area contributed by atoms with E-state index in [0.29, 0.717) is 28.0 Å². The summed E-state index contributed by atoms with van der Waals surface area (Å²) in [6.07, 6.45) is -0.440. The van der Waals surface area contributed by atoms with Crippen LogP contribution in [-0.4, -0.2) is 42.4 Å². The Morgan fingerprint density at radius 2 is 1.62 bits per heavy atom. The Labute approximate surface area is 204 Å². The summed E-state index contributed by atoms with van der Waals surface area (Å²) in [5.74, 6) is 0.662. The first-order valence-electron chi connectivity index (χ1n) is 10.3. The number of alkyl halides is 1. The number of esters is 1. The maximum absolute atomic E-state index is 11.1. The molecule has 2 atom stereocenters. The van der Waals surface area contributed by atoms with Gasteiger partial charge >= 0.3 is 5.97 Å². The fourth-order valence-corrected chi connectivity index (χ4v) is 3.77. The Balaban J connectivity index is 2.17. The number of ether oxygens (including phenoxy) is 3. The van der Waals surface area contributed by atoms with Crippen LogP contribution in [-0.2, 0) is 14.9 Å². The molecule has 0 saturated carbocycles. The van der Waals surface area contributed by atoms with Crippen LogP contribution in [0.3, 0.4) is 0 Å². The summed E-state index contributed by atoms with van der Waals surface area (Å²) in [6, 6.07) is 11.3. The molecule has 0 amide bonds. The van der Waals surface area contributed by atoms with E-state index in [1.807, 2.05) is 43.3 Å². The normalized spacial score (nSPS) is 13.4. The molecule has 32 heavy (non-hydrogen) atoms. The Bertz CT molecular complexity index is 876. The van der Waals surface area contributed by atoms with Crippen molar-refractivity contribution in [3.05, 3.63) is 57.6 Å². The number of hydrogen-bond acceptors (Lipinski definition) is 5. The number of rotatable bonds is 11. The number of benzene rings is 2. The van der Waals surface area contributed by atoms with Crippen LogP contribution in [0, 0.1) is 0 Å². The molecule has 0 aliphatic rings. The molecule has 5 nitrogen and oxygen atoms in total. The predicted molar refractivity (Wildman–Crippen MR) is 129 cm³/mol. The molecule has 0 fully saturated rings. The SMILES string of the molecule is CCC(O)COc1ccc(C(C)(C)c2cc(Cl)c(OCC(CCl)OC(C)=O)c(Cl)c2)cc1. The first-order valence-corrected chi connectivity index (χ1v) is 11.6. The number of carbonyl (C=O) groups is 1. The van der Waals surface area contributed by atoms with E-state index in [1.165, 1.54) is 6.92 Å². The summed E-state index contributed by atoms with van der Waals surface area (Å²) in [5, 5.41) is 10.4. The van der Waals surface area contributed by atoms with Gasteiger partial charge in [-0.05, 0) is 41.8 Å². The van der Waals surface area contributed by atoms with Crippen molar-refractivity contribution in [1.82, 2.24) is 0 Å². The van der Waals surface area contributed by atoms with Crippen LogP contribution in [0.2, 0.25) is 10.0 Å². The highest BCUT2D eigenvalue weighted by atomic mass is 35.5. The summed E-state index contributed by atoms with van der Waals surface area (Å²) in [6.45, 7) is 7.65. The molecule has 2 aromatic carbocycles. The van der Waals surface area contributed by atoms with E-state index < -0.39 is 23.6 Å². The Morgan fingerprint density at radius 3 is 2.12 bits per heavy atom. The molecule has 0 bridgehead atoms. The van der Waals surface area contributed by atoms with Gasteiger partial charge < -0.3 is 19.3 Å². The second-order valence-corrected chi connectivity index (χ2v) is 9.11. The maximum Gasteiger partial charge on any atom is 0.303 e. The van der Waals surface area contributed by atoms with Crippen molar-refractivity contribution in [2.45, 2.75) is 51.7 Å². The lowest BCUT2D eigenvalue weighted by molar-refractivity contribution is -0.146. The molecule has 8 heteroatoms. The standard InChI is InChI=1S/C24H29Cl3O5/c1-5-18(29)13-30-19-8-6-16(7-9-19)24(3,4)17-10-21(26)23(22(27)11-17)31-14-20(12-25)32-15(2)28/h6-11,18,20,29H,5,12-14H2,1-4H3. The van der Waals surface area contributed by atoms with E-state index in [4.69, 9.17) is 49.0 Å². The third-order valence-electron chi connectivity index (χ3n) is 5.13. The average molecular weight is 504 g/mol. The van der Waals surface area contributed by atoms with Gasteiger partial charge in [0.25, 0.3) is 0 Å². The molecule has 0 aliphatic carbocycles. The van der Waals surface area contributed by atoms with Crippen LogP contribution in [0.1, 0.15) is 45.2 Å². The number of carbonyl (C=O) groups excluding carboxylic acids is 1. The van der Waals surface area contributed by atoms with Crippen LogP contribution < -0.4 is 9.47 Å². The third kappa shape index (κ3) is 7.17. The zero-order valence-corrected chi connectivity index (χ0v) is 20.9. The highest BCUT2D eigenvalue weighted by Gasteiger charge is 2.26. The predicted octanol–water partition coefficient (Wildman–Crippen LogP) is 6.02. The van der Waals surface area contributed by atoms with Crippen LogP contribution in [0.4, 0.5) is 0 Å². The Kier molecular flexibility index (Phi) is 9.96. The molecule has 2 aromatic rings. The van der Waals surface area contributed by atoms with Gasteiger partial charge in [0.2, 0.25) is 0 Å². The minimum absolute atomic E-state index is 0.0411. The molecule has 0 radical (unpaired) electrons. The monoisotopic (exact) mass is 502 g/mol. The number of aliphatic hydroxyl groups excluding tert-OH is 1. The van der Waals surface area contributed by atoms with Gasteiger partial charge in [-0.25, -0.2) is 0 Å². The summed E-state index contributed by atoms with van der Waals surface area (Å²) in [4.78, 5) is 11.1. The van der Waals surface area contributed by atoms with Gasteiger partial charge in [0, 0.05) is 12.3 Å². The van der Waals surface area contributed by atoms with Gasteiger partial charge in [-0.3, -0.25) is 4.79 Å². The van der Waals surface area contributed by atoms with Gasteiger partial charge in [0.1, 0.15) is 25.1 Å². The van der Waals surface area contributed by atoms with Crippen molar-refractivity contribution in [1.29, 1.82) is 0 Å². The molecule has 0 aromatic heterocycles. The first-order chi connectivity index (χ1) is 15.1. The van der Waals surface area contributed by atoms with E-state index in [9.17, 15) is 9.90 Å². The second-order valence-electron chi connectivity index (χ2n) is 7.99. The van der Waals surface area contributed by atoms with E-state index in [0.717, 1.165) is 11.1 Å². The summed E-state index contributed by atoms with van der Waals surface area (Å²) < 4.78 is 16.4. The van der Waals surface area contributed by atoms with E-state index in [-0.39, 0.29) is 19.1 Å². The highest BCUT2D eigenvalue weighted by molar-refractivity contribution is 6.37. The molecule has 2 unspecified atom stereocenters. The molecule has 0 saturated heterocycles. The van der Waals surface area contributed by atoms with Gasteiger partial charge in [0.05, 0.1) is 22.0 Å². The smallest absolute Gasteiger partial charge is 0.303 e. The van der Waals surface area contributed by atoms with Crippen molar-refractivity contribution in [3.63, 3.8) is 0 Å². The van der Waals surface area contributed by atoms with Crippen LogP contribution in [0.25, 0.3) is 0 Å². The van der Waals surface area contributed by atoms with E-state index in [1.54, 1.807) is 0 Å². The average Bonchev–Trinajstić information content (AvgIpc) is 2.75. The molecule has 0 heterocycles. The molecule has 0 spiro atoms. The van der Waals surface area contributed by atoms with Gasteiger partial charge in [0.15, 0.2) is 5.75 Å². The molecule has 2 rings (SSSR count). The minimum atomic E-state index is -0.600. The quantitative estimate of drug-likeness (QED) is 0.300. The summed E-state index contributed by atoms with van der Waals surface area (Å²) >= 11 is 18.8. The zero-order chi connectivity index (χ0) is 23.9. The van der Waals surface area contributed by atoms with E-state index >= 15 is 0 Å². The van der Waals surface area contributed by atoms with Gasteiger partial charge in [-0.2, -0.15) is 0 Å². The number of halogens is 3. The number of aliphatic hydroxyl groups is 1. The van der Waals surface area contributed by atoms with Crippen LogP contribution in [0.5, 0.6) is 11.5 Å². The lowest BCUT2D eigenvalue weighted by Gasteiger charge is -2.27. The van der Waals surface area contributed by atoms with Crippen LogP contribution >= 0.6 is 34.8 Å². The zero-order valence-electron chi connectivity index (χ0n) is 18.7. The van der Waals surface area contributed by atoms with Crippen molar-refractivity contribution in [2.75, 3.05) is 19.1 Å². The lowest BCUT2D eigenvalue weighted by atomic mass is 9.78. The summed E-state index contributed by atoms with van der Waals surface area (Å²) in [7, 11) is 0. The largest absolute Gasteiger partial charge is 0.491 e. The number of hydrogen-bond donors (Lipinski definition) is 1. The van der Waals surface area contributed by atoms with Crippen molar-refractivity contribution >= 4 is 40.8 Å². The summed E-state index contributed by atoms with van der Waals surface area (Å²) in [5.41, 5.74) is 1.55. The van der Waals surface area contributed by atoms with Gasteiger partial charge in [-0.1, -0.05) is 56.1 Å². The van der Waals surface area contributed by atoms with Crippen molar-refractivity contribution in [2.24, 2.45) is 0 Å². The lowest BCUT2D eigenvalue weighted by Crippen LogP contribution is -2.26. The fraction of sp³-hybridized carbons (Fsp3) is 0.458. The molecular formula is C24H29Cl3O5. The Hall–Kier alpha value is -1.66. The molecule has 176 valence electrons. The van der Waals surface area contributed by atoms with Crippen molar-refractivity contribution in [3.8, 4) is 11.5 Å². The Morgan fingerprint density at radius 1 is 1.03 bits per heavy atom. The molecular weight excluding hydrogens is 475 g/mol. The minimum Gasteiger partial charge on any atom is -0.491 e. The topological polar surface area (TPSA) is 65.0 Å². The maximum atomic E-state index is 11.1. The van der Waals surface area contributed by atoms with Gasteiger partial charge in [-0.15, -0.1) is 11.6 Å². The first kappa shape index (κ1) is 26.6. The van der Waals surface area contributed by atoms with Crippen molar-refractivity contribution < 1.29 is 24.1 Å². The highest BCUT2D eigenvalue weighted by Crippen LogP contribution is 2.40.